The van der Waals surface area contributed by atoms with E-state index in [1.807, 2.05) is 17.0 Å². The molecule has 1 aromatic carbocycles. The van der Waals surface area contributed by atoms with Crippen LogP contribution in [0.2, 0.25) is 5.02 Å². The molecule has 1 atom stereocenters. The van der Waals surface area contributed by atoms with Crippen molar-refractivity contribution < 1.29 is 13.2 Å². The Bertz CT molecular complexity index is 1020. The van der Waals surface area contributed by atoms with E-state index in [-0.39, 0.29) is 11.9 Å². The van der Waals surface area contributed by atoms with Crippen LogP contribution in [0.15, 0.2) is 47.6 Å². The van der Waals surface area contributed by atoms with Crippen LogP contribution in [0, 0.1) is 6.92 Å². The van der Waals surface area contributed by atoms with Crippen LogP contribution in [-0.2, 0) is 21.4 Å². The molecule has 0 N–H and O–H groups in total. The average molecular weight is 449 g/mol. The summed E-state index contributed by atoms with van der Waals surface area (Å²) in [5.41, 5.74) is 1.66. The molecule has 0 aliphatic carbocycles. The lowest BCUT2D eigenvalue weighted by Crippen LogP contribution is -2.53. The Morgan fingerprint density at radius 3 is 2.57 bits per heavy atom. The van der Waals surface area contributed by atoms with Crippen LogP contribution >= 0.6 is 11.6 Å². The van der Waals surface area contributed by atoms with E-state index >= 15 is 0 Å². The van der Waals surface area contributed by atoms with Gasteiger partial charge in [0.2, 0.25) is 15.9 Å². The molecule has 2 saturated heterocycles. The van der Waals surface area contributed by atoms with Crippen LogP contribution in [0.1, 0.15) is 17.5 Å². The van der Waals surface area contributed by atoms with Crippen molar-refractivity contribution in [3.05, 3.63) is 58.9 Å². The molecular weight excluding hydrogens is 424 g/mol. The average Bonchev–Trinajstić information content (AvgIpc) is 3.09. The summed E-state index contributed by atoms with van der Waals surface area (Å²) in [7, 11) is -3.58. The number of nitrogens with zero attached hydrogens (tertiary/aromatic N) is 4. The predicted octanol–water partition coefficient (Wildman–Crippen LogP) is 2.15. The van der Waals surface area contributed by atoms with Gasteiger partial charge in [-0.25, -0.2) is 8.42 Å². The van der Waals surface area contributed by atoms with E-state index in [1.165, 1.54) is 4.31 Å². The minimum absolute atomic E-state index is 0.115. The molecule has 2 aromatic rings. The highest BCUT2D eigenvalue weighted by Gasteiger charge is 2.39. The monoisotopic (exact) mass is 448 g/mol. The van der Waals surface area contributed by atoms with E-state index in [9.17, 15) is 13.2 Å². The number of aromatic nitrogens is 1. The minimum atomic E-state index is -3.58. The molecule has 0 saturated carbocycles. The van der Waals surface area contributed by atoms with Crippen molar-refractivity contribution in [1.29, 1.82) is 0 Å². The van der Waals surface area contributed by atoms with Crippen molar-refractivity contribution in [2.45, 2.75) is 30.8 Å². The number of carbonyl (C=O) groups excluding carboxylic acids is 1. The Hall–Kier alpha value is -2.00. The second kappa shape index (κ2) is 8.63. The number of hydrogen-bond acceptors (Lipinski definition) is 5. The molecule has 9 heteroatoms. The quantitative estimate of drug-likeness (QED) is 0.700. The van der Waals surface area contributed by atoms with Gasteiger partial charge in [0.05, 0.1) is 10.9 Å². The van der Waals surface area contributed by atoms with Gasteiger partial charge in [0.1, 0.15) is 0 Å². The van der Waals surface area contributed by atoms with Gasteiger partial charge in [-0.15, -0.1) is 0 Å². The highest BCUT2D eigenvalue weighted by Crippen LogP contribution is 2.26. The Kier molecular flexibility index (Phi) is 6.11. The molecule has 2 fully saturated rings. The van der Waals surface area contributed by atoms with Crippen molar-refractivity contribution in [2.24, 2.45) is 0 Å². The first-order chi connectivity index (χ1) is 14.4. The van der Waals surface area contributed by atoms with E-state index in [0.29, 0.717) is 54.8 Å². The summed E-state index contributed by atoms with van der Waals surface area (Å²) in [6.07, 6.45) is 4.27. The third kappa shape index (κ3) is 4.23. The molecule has 1 amide bonds. The molecule has 2 aliphatic heterocycles. The lowest BCUT2D eigenvalue weighted by Gasteiger charge is -2.36. The second-order valence-electron chi connectivity index (χ2n) is 7.78. The maximum absolute atomic E-state index is 13.1. The first kappa shape index (κ1) is 21.2. The molecule has 0 bridgehead atoms. The maximum atomic E-state index is 13.1. The number of pyridine rings is 1. The van der Waals surface area contributed by atoms with Crippen LogP contribution < -0.4 is 0 Å². The SMILES string of the molecule is Cc1cc(Cl)ccc1S(=O)(=O)N1CCN(C2CCN(Cc3cccnc3)C2=O)CC1. The number of carbonyl (C=O) groups is 1. The molecule has 160 valence electrons. The number of hydrogen-bond donors (Lipinski definition) is 0. The van der Waals surface area contributed by atoms with Crippen LogP contribution in [0.4, 0.5) is 0 Å². The van der Waals surface area contributed by atoms with Crippen molar-refractivity contribution >= 4 is 27.5 Å². The molecular formula is C21H25ClN4O3S. The minimum Gasteiger partial charge on any atom is -0.337 e. The lowest BCUT2D eigenvalue weighted by atomic mass is 10.2. The normalized spacial score (nSPS) is 21.3. The van der Waals surface area contributed by atoms with Crippen LogP contribution in [0.5, 0.6) is 0 Å². The van der Waals surface area contributed by atoms with E-state index in [1.54, 1.807) is 37.5 Å². The van der Waals surface area contributed by atoms with Gasteiger partial charge in [-0.3, -0.25) is 14.7 Å². The lowest BCUT2D eigenvalue weighted by molar-refractivity contribution is -0.133. The van der Waals surface area contributed by atoms with Gasteiger partial charge in [-0.1, -0.05) is 17.7 Å². The number of sulfonamides is 1. The number of halogens is 1. The predicted molar refractivity (Wildman–Crippen MR) is 115 cm³/mol. The molecule has 0 radical (unpaired) electrons. The highest BCUT2D eigenvalue weighted by atomic mass is 35.5. The van der Waals surface area contributed by atoms with E-state index in [4.69, 9.17) is 11.6 Å². The third-order valence-corrected chi connectivity index (χ3v) is 8.13. The van der Waals surface area contributed by atoms with Crippen molar-refractivity contribution in [3.63, 3.8) is 0 Å². The van der Waals surface area contributed by atoms with Crippen molar-refractivity contribution in [3.8, 4) is 0 Å². The van der Waals surface area contributed by atoms with Crippen LogP contribution in [-0.4, -0.2) is 72.2 Å². The summed E-state index contributed by atoms with van der Waals surface area (Å²) in [4.78, 5) is 21.3. The highest BCUT2D eigenvalue weighted by molar-refractivity contribution is 7.89. The molecule has 0 spiro atoms. The zero-order chi connectivity index (χ0) is 21.3. The number of amides is 1. The topological polar surface area (TPSA) is 73.8 Å². The maximum Gasteiger partial charge on any atom is 0.243 e. The summed E-state index contributed by atoms with van der Waals surface area (Å²) in [5, 5.41) is 0.520. The van der Waals surface area contributed by atoms with Crippen molar-refractivity contribution in [1.82, 2.24) is 19.1 Å². The molecule has 4 rings (SSSR count). The van der Waals surface area contributed by atoms with Crippen LogP contribution in [0.25, 0.3) is 0 Å². The van der Waals surface area contributed by atoms with Gasteiger partial charge in [0, 0.05) is 56.7 Å². The summed E-state index contributed by atoms with van der Waals surface area (Å²) < 4.78 is 27.6. The number of likely N-dealkylation sites (tertiary alicyclic amines) is 1. The standard InChI is InChI=1S/C21H25ClN4O3S/c1-16-13-18(22)4-5-20(16)30(28,29)26-11-9-24(10-12-26)19-6-8-25(21(19)27)15-17-3-2-7-23-14-17/h2-5,7,13-14,19H,6,8-12,15H2,1H3. The van der Waals surface area contributed by atoms with Gasteiger partial charge >= 0.3 is 0 Å². The third-order valence-electron chi connectivity index (χ3n) is 5.83. The van der Waals surface area contributed by atoms with Crippen LogP contribution in [0.3, 0.4) is 0 Å². The van der Waals surface area contributed by atoms with E-state index < -0.39 is 10.0 Å². The first-order valence-electron chi connectivity index (χ1n) is 10.0. The number of aryl methyl sites for hydroxylation is 1. The van der Waals surface area contributed by atoms with Gasteiger partial charge in [-0.05, 0) is 48.7 Å². The summed E-state index contributed by atoms with van der Waals surface area (Å²) >= 11 is 5.97. The second-order valence-corrected chi connectivity index (χ2v) is 10.1. The summed E-state index contributed by atoms with van der Waals surface area (Å²) in [5.74, 6) is 0.115. The largest absolute Gasteiger partial charge is 0.337 e. The Balaban J connectivity index is 1.38. The zero-order valence-electron chi connectivity index (χ0n) is 16.9. The van der Waals surface area contributed by atoms with Gasteiger partial charge < -0.3 is 4.90 Å². The molecule has 2 aliphatic rings. The van der Waals surface area contributed by atoms with Crippen molar-refractivity contribution in [2.75, 3.05) is 32.7 Å². The Morgan fingerprint density at radius 2 is 1.90 bits per heavy atom. The van der Waals surface area contributed by atoms with E-state index in [2.05, 4.69) is 9.88 Å². The molecule has 3 heterocycles. The number of piperazine rings is 1. The Morgan fingerprint density at radius 1 is 1.13 bits per heavy atom. The number of benzene rings is 1. The van der Waals surface area contributed by atoms with Gasteiger partial charge in [0.15, 0.2) is 0 Å². The first-order valence-corrected chi connectivity index (χ1v) is 11.9. The smallest absolute Gasteiger partial charge is 0.243 e. The summed E-state index contributed by atoms with van der Waals surface area (Å²) in [6, 6.07) is 8.50. The fraction of sp³-hybridized carbons (Fsp3) is 0.429. The molecule has 7 nitrogen and oxygen atoms in total. The molecule has 1 unspecified atom stereocenters. The number of rotatable bonds is 5. The van der Waals surface area contributed by atoms with E-state index in [0.717, 1.165) is 12.0 Å². The molecule has 30 heavy (non-hydrogen) atoms. The molecule has 1 aromatic heterocycles. The Labute approximate surface area is 182 Å². The zero-order valence-corrected chi connectivity index (χ0v) is 18.4. The fourth-order valence-electron chi connectivity index (χ4n) is 4.23. The van der Waals surface area contributed by atoms with Gasteiger partial charge in [-0.2, -0.15) is 4.31 Å². The fourth-order valence-corrected chi connectivity index (χ4v) is 6.08. The van der Waals surface area contributed by atoms with Gasteiger partial charge in [0.25, 0.3) is 0 Å². The summed E-state index contributed by atoms with van der Waals surface area (Å²) in [6.45, 7) is 4.86.